The summed E-state index contributed by atoms with van der Waals surface area (Å²) in [5.41, 5.74) is 7.24. The van der Waals surface area contributed by atoms with Crippen molar-refractivity contribution < 1.29 is 4.74 Å². The summed E-state index contributed by atoms with van der Waals surface area (Å²) >= 11 is 5.80. The van der Waals surface area contributed by atoms with E-state index in [4.69, 9.17) is 22.1 Å². The zero-order valence-electron chi connectivity index (χ0n) is 8.37. The van der Waals surface area contributed by atoms with Crippen molar-refractivity contribution in [2.24, 2.45) is 0 Å². The van der Waals surface area contributed by atoms with Crippen LogP contribution < -0.4 is 11.1 Å². The molecule has 15 heavy (non-hydrogen) atoms. The first-order valence-electron chi connectivity index (χ1n) is 5.01. The van der Waals surface area contributed by atoms with Gasteiger partial charge in [0.2, 0.25) is 0 Å². The van der Waals surface area contributed by atoms with E-state index in [9.17, 15) is 0 Å². The van der Waals surface area contributed by atoms with E-state index in [0.717, 1.165) is 31.7 Å². The lowest BCUT2D eigenvalue weighted by molar-refractivity contribution is 0.0876. The lowest BCUT2D eigenvalue weighted by Gasteiger charge is -2.24. The Morgan fingerprint density at radius 2 is 2.47 bits per heavy atom. The van der Waals surface area contributed by atoms with Crippen LogP contribution in [0.1, 0.15) is 12.8 Å². The molecule has 1 fully saturated rings. The highest BCUT2D eigenvalue weighted by atomic mass is 35.5. The van der Waals surface area contributed by atoms with Crippen LogP contribution in [0.25, 0.3) is 0 Å². The summed E-state index contributed by atoms with van der Waals surface area (Å²) < 4.78 is 5.37. The molecule has 3 N–H and O–H groups in total. The number of ether oxygens (including phenoxy) is 1. The Morgan fingerprint density at radius 1 is 1.60 bits per heavy atom. The molecule has 0 spiro atoms. The van der Waals surface area contributed by atoms with Gasteiger partial charge in [0.25, 0.3) is 0 Å². The molecule has 2 heterocycles. The van der Waals surface area contributed by atoms with Crippen molar-refractivity contribution in [3.63, 3.8) is 0 Å². The quantitative estimate of drug-likeness (QED) is 0.758. The van der Waals surface area contributed by atoms with Crippen LogP contribution in [-0.2, 0) is 4.74 Å². The number of pyridine rings is 1. The predicted octanol–water partition coefficient (Wildman–Crippen LogP) is 1.91. The average Bonchev–Trinajstić information content (AvgIpc) is 2.25. The number of hydrogen-bond acceptors (Lipinski definition) is 4. The van der Waals surface area contributed by atoms with Crippen molar-refractivity contribution in [1.29, 1.82) is 0 Å². The van der Waals surface area contributed by atoms with Crippen LogP contribution in [0.4, 0.5) is 11.4 Å². The summed E-state index contributed by atoms with van der Waals surface area (Å²) in [6.07, 6.45) is 3.74. The predicted molar refractivity (Wildman–Crippen MR) is 61.1 cm³/mol. The lowest BCUT2D eigenvalue weighted by Crippen LogP contribution is -2.30. The highest BCUT2D eigenvalue weighted by molar-refractivity contribution is 6.29. The van der Waals surface area contributed by atoms with E-state index >= 15 is 0 Å². The van der Waals surface area contributed by atoms with Gasteiger partial charge in [-0.3, -0.25) is 0 Å². The smallest absolute Gasteiger partial charge is 0.131 e. The van der Waals surface area contributed by atoms with E-state index in [1.165, 1.54) is 0 Å². The molecule has 1 aromatic rings. The first-order valence-corrected chi connectivity index (χ1v) is 5.39. The van der Waals surface area contributed by atoms with Crippen LogP contribution in [0.15, 0.2) is 12.3 Å². The Morgan fingerprint density at radius 3 is 3.20 bits per heavy atom. The van der Waals surface area contributed by atoms with Gasteiger partial charge in [0.15, 0.2) is 0 Å². The maximum absolute atomic E-state index is 5.80. The van der Waals surface area contributed by atoms with E-state index in [-0.39, 0.29) is 0 Å². The Balaban J connectivity index is 2.05. The number of nitrogens with zero attached hydrogens (tertiary/aromatic N) is 1. The first kappa shape index (κ1) is 10.5. The van der Waals surface area contributed by atoms with Crippen molar-refractivity contribution >= 4 is 23.0 Å². The molecule has 0 saturated carbocycles. The topological polar surface area (TPSA) is 60.2 Å². The molecular weight excluding hydrogens is 214 g/mol. The molecule has 0 aliphatic carbocycles. The lowest BCUT2D eigenvalue weighted by atomic mass is 10.1. The van der Waals surface area contributed by atoms with E-state index in [2.05, 4.69) is 10.3 Å². The van der Waals surface area contributed by atoms with E-state index in [1.807, 2.05) is 0 Å². The summed E-state index contributed by atoms with van der Waals surface area (Å²) in [5.74, 6) is 0. The summed E-state index contributed by atoms with van der Waals surface area (Å²) in [5, 5.41) is 3.76. The fourth-order valence-corrected chi connectivity index (χ4v) is 1.80. The highest BCUT2D eigenvalue weighted by Crippen LogP contribution is 2.23. The second kappa shape index (κ2) is 4.68. The second-order valence-corrected chi connectivity index (χ2v) is 4.04. The minimum absolute atomic E-state index is 0.319. The van der Waals surface area contributed by atoms with Gasteiger partial charge in [0.05, 0.1) is 24.2 Å². The van der Waals surface area contributed by atoms with E-state index < -0.39 is 0 Å². The SMILES string of the molecule is Nc1cnc(Cl)cc1NC1CCCOC1. The van der Waals surface area contributed by atoms with Crippen molar-refractivity contribution in [2.75, 3.05) is 24.3 Å². The number of nitrogens with two attached hydrogens (primary N) is 1. The molecule has 0 aromatic carbocycles. The molecule has 0 radical (unpaired) electrons. The largest absolute Gasteiger partial charge is 0.396 e. The van der Waals surface area contributed by atoms with Crippen LogP contribution in [0, 0.1) is 0 Å². The average molecular weight is 228 g/mol. The van der Waals surface area contributed by atoms with Gasteiger partial charge in [-0.05, 0) is 12.8 Å². The van der Waals surface area contributed by atoms with Crippen molar-refractivity contribution in [2.45, 2.75) is 18.9 Å². The molecule has 1 unspecified atom stereocenters. The standard InChI is InChI=1S/C10H14ClN3O/c11-10-4-9(8(12)5-13-10)14-7-2-1-3-15-6-7/h4-5,7H,1-3,6,12H2,(H,13,14). The molecule has 4 nitrogen and oxygen atoms in total. The van der Waals surface area contributed by atoms with Crippen molar-refractivity contribution in [3.8, 4) is 0 Å². The number of aromatic nitrogens is 1. The molecule has 1 aromatic heterocycles. The maximum Gasteiger partial charge on any atom is 0.131 e. The summed E-state index contributed by atoms with van der Waals surface area (Å²) in [7, 11) is 0. The molecular formula is C10H14ClN3O. The first-order chi connectivity index (χ1) is 7.25. The zero-order chi connectivity index (χ0) is 10.7. The maximum atomic E-state index is 5.80. The highest BCUT2D eigenvalue weighted by Gasteiger charge is 2.14. The monoisotopic (exact) mass is 227 g/mol. The molecule has 1 atom stereocenters. The number of rotatable bonds is 2. The zero-order valence-corrected chi connectivity index (χ0v) is 9.13. The molecule has 1 aliphatic rings. The second-order valence-electron chi connectivity index (χ2n) is 3.65. The van der Waals surface area contributed by atoms with Crippen LogP contribution in [0.3, 0.4) is 0 Å². The Bertz CT molecular complexity index is 339. The third-order valence-electron chi connectivity index (χ3n) is 2.42. The fraction of sp³-hybridized carbons (Fsp3) is 0.500. The molecule has 0 bridgehead atoms. The van der Waals surface area contributed by atoms with E-state index in [0.29, 0.717) is 16.9 Å². The number of nitrogen functional groups attached to an aromatic ring is 1. The Kier molecular flexibility index (Phi) is 3.28. The Labute approximate surface area is 93.8 Å². The number of halogens is 1. The minimum Gasteiger partial charge on any atom is -0.396 e. The van der Waals surface area contributed by atoms with Crippen molar-refractivity contribution in [1.82, 2.24) is 4.98 Å². The fourth-order valence-electron chi connectivity index (χ4n) is 1.64. The van der Waals surface area contributed by atoms with Crippen molar-refractivity contribution in [3.05, 3.63) is 17.4 Å². The third kappa shape index (κ3) is 2.73. The summed E-state index contributed by atoms with van der Waals surface area (Å²) in [6, 6.07) is 2.06. The Hall–Kier alpha value is -1.00. The van der Waals surface area contributed by atoms with Gasteiger partial charge in [0, 0.05) is 18.7 Å². The molecule has 1 saturated heterocycles. The molecule has 2 rings (SSSR count). The van der Waals surface area contributed by atoms with Crippen LogP contribution in [-0.4, -0.2) is 24.2 Å². The minimum atomic E-state index is 0.319. The third-order valence-corrected chi connectivity index (χ3v) is 2.63. The number of nitrogens with one attached hydrogen (secondary N) is 1. The normalized spacial score (nSPS) is 21.3. The summed E-state index contributed by atoms with van der Waals surface area (Å²) in [4.78, 5) is 3.90. The van der Waals surface area contributed by atoms with E-state index in [1.54, 1.807) is 12.3 Å². The molecule has 82 valence electrons. The summed E-state index contributed by atoms with van der Waals surface area (Å²) in [6.45, 7) is 1.57. The van der Waals surface area contributed by atoms with Gasteiger partial charge in [-0.1, -0.05) is 11.6 Å². The number of anilines is 2. The molecule has 0 amide bonds. The number of hydrogen-bond donors (Lipinski definition) is 2. The van der Waals surface area contributed by atoms with Gasteiger partial charge < -0.3 is 15.8 Å². The molecule has 1 aliphatic heterocycles. The van der Waals surface area contributed by atoms with Crippen LogP contribution in [0.2, 0.25) is 5.15 Å². The van der Waals surface area contributed by atoms with Gasteiger partial charge >= 0.3 is 0 Å². The van der Waals surface area contributed by atoms with Crippen LogP contribution in [0.5, 0.6) is 0 Å². The van der Waals surface area contributed by atoms with Gasteiger partial charge in [-0.2, -0.15) is 0 Å². The van der Waals surface area contributed by atoms with Gasteiger partial charge in [0.1, 0.15) is 5.15 Å². The molecule has 5 heteroatoms. The van der Waals surface area contributed by atoms with Gasteiger partial charge in [-0.25, -0.2) is 4.98 Å². The van der Waals surface area contributed by atoms with Crippen LogP contribution >= 0.6 is 11.6 Å². The van der Waals surface area contributed by atoms with Gasteiger partial charge in [-0.15, -0.1) is 0 Å².